The summed E-state index contributed by atoms with van der Waals surface area (Å²) in [4.78, 5) is 7.02. The van der Waals surface area contributed by atoms with Crippen molar-refractivity contribution >= 4 is 11.3 Å². The third kappa shape index (κ3) is 2.72. The highest BCUT2D eigenvalue weighted by atomic mass is 16.5. The Morgan fingerprint density at radius 1 is 1.26 bits per heavy atom. The van der Waals surface area contributed by atoms with Crippen LogP contribution in [0.25, 0.3) is 5.65 Å². The Kier molecular flexibility index (Phi) is 3.16. The molecule has 0 aromatic carbocycles. The minimum absolute atomic E-state index is 0.288. The molecule has 2 aromatic rings. The molecule has 2 aromatic heterocycles. The first-order chi connectivity index (χ1) is 9.10. The average Bonchev–Trinajstić information content (AvgIpc) is 2.68. The lowest BCUT2D eigenvalue weighted by atomic mass is 10.2. The number of ether oxygens (including phenoxy) is 1. The Morgan fingerprint density at radius 2 is 2.00 bits per heavy atom. The summed E-state index contributed by atoms with van der Waals surface area (Å²) >= 11 is 0. The number of fused-ring (bicyclic) bond motifs is 1. The van der Waals surface area contributed by atoms with Gasteiger partial charge in [0.15, 0.2) is 0 Å². The number of hydrogen-bond acceptors (Lipinski definition) is 4. The summed E-state index contributed by atoms with van der Waals surface area (Å²) < 4.78 is 7.73. The maximum absolute atomic E-state index is 5.78. The highest BCUT2D eigenvalue weighted by molar-refractivity contribution is 5.48. The molecule has 0 bridgehead atoms. The van der Waals surface area contributed by atoms with Crippen LogP contribution in [0, 0.1) is 0 Å². The molecule has 3 rings (SSSR count). The SMILES string of the molecule is CC1CN(Cc2cn3cc(N)ccc3n2)CC(C)O1. The van der Waals surface area contributed by atoms with E-state index in [0.29, 0.717) is 0 Å². The smallest absolute Gasteiger partial charge is 0.137 e. The predicted octanol–water partition coefficient (Wildman–Crippen LogP) is 1.53. The van der Waals surface area contributed by atoms with Crippen molar-refractivity contribution in [2.45, 2.75) is 32.6 Å². The van der Waals surface area contributed by atoms with E-state index in [1.165, 1.54) is 0 Å². The molecule has 1 fully saturated rings. The van der Waals surface area contributed by atoms with E-state index in [0.717, 1.165) is 36.7 Å². The van der Waals surface area contributed by atoms with E-state index < -0.39 is 0 Å². The lowest BCUT2D eigenvalue weighted by Crippen LogP contribution is -2.44. The van der Waals surface area contributed by atoms with Gasteiger partial charge in [0.25, 0.3) is 0 Å². The number of morpholine rings is 1. The second kappa shape index (κ2) is 4.83. The van der Waals surface area contributed by atoms with Crippen molar-refractivity contribution < 1.29 is 4.74 Å². The Bertz CT molecular complexity index is 570. The van der Waals surface area contributed by atoms with E-state index in [2.05, 4.69) is 29.9 Å². The van der Waals surface area contributed by atoms with Gasteiger partial charge in [-0.05, 0) is 26.0 Å². The Hall–Kier alpha value is -1.59. The molecule has 2 atom stereocenters. The molecule has 5 heteroatoms. The van der Waals surface area contributed by atoms with Crippen LogP contribution in [0.3, 0.4) is 0 Å². The molecule has 0 saturated carbocycles. The van der Waals surface area contributed by atoms with Gasteiger partial charge in [-0.15, -0.1) is 0 Å². The molecule has 0 spiro atoms. The minimum atomic E-state index is 0.288. The summed E-state index contributed by atoms with van der Waals surface area (Å²) in [6, 6.07) is 3.83. The van der Waals surface area contributed by atoms with Crippen LogP contribution < -0.4 is 5.73 Å². The highest BCUT2D eigenvalue weighted by Gasteiger charge is 2.22. The van der Waals surface area contributed by atoms with Crippen molar-refractivity contribution in [2.75, 3.05) is 18.8 Å². The average molecular weight is 260 g/mol. The summed E-state index contributed by atoms with van der Waals surface area (Å²) in [6.45, 7) is 7.01. The van der Waals surface area contributed by atoms with Crippen molar-refractivity contribution in [3.63, 3.8) is 0 Å². The van der Waals surface area contributed by atoms with E-state index >= 15 is 0 Å². The number of pyridine rings is 1. The van der Waals surface area contributed by atoms with Crippen LogP contribution in [0.5, 0.6) is 0 Å². The Balaban J connectivity index is 1.77. The third-order valence-electron chi connectivity index (χ3n) is 3.40. The summed E-state index contributed by atoms with van der Waals surface area (Å²) in [5.74, 6) is 0. The van der Waals surface area contributed by atoms with Crippen LogP contribution in [0.4, 0.5) is 5.69 Å². The van der Waals surface area contributed by atoms with Gasteiger partial charge in [0.05, 0.1) is 17.9 Å². The second-order valence-corrected chi connectivity index (χ2v) is 5.41. The normalized spacial score (nSPS) is 24.9. The van der Waals surface area contributed by atoms with Crippen molar-refractivity contribution in [1.29, 1.82) is 0 Å². The molecule has 0 aliphatic carbocycles. The number of imidazole rings is 1. The van der Waals surface area contributed by atoms with Gasteiger partial charge >= 0.3 is 0 Å². The fraction of sp³-hybridized carbons (Fsp3) is 0.500. The van der Waals surface area contributed by atoms with Crippen LogP contribution in [0.15, 0.2) is 24.5 Å². The van der Waals surface area contributed by atoms with Gasteiger partial charge in [0, 0.05) is 37.7 Å². The van der Waals surface area contributed by atoms with E-state index in [1.54, 1.807) is 0 Å². The van der Waals surface area contributed by atoms with E-state index in [4.69, 9.17) is 10.5 Å². The van der Waals surface area contributed by atoms with E-state index in [1.807, 2.05) is 22.7 Å². The Labute approximate surface area is 113 Å². The summed E-state index contributed by atoms with van der Waals surface area (Å²) in [6.07, 6.45) is 4.53. The van der Waals surface area contributed by atoms with Gasteiger partial charge in [0.1, 0.15) is 5.65 Å². The monoisotopic (exact) mass is 260 g/mol. The van der Waals surface area contributed by atoms with Crippen LogP contribution in [-0.2, 0) is 11.3 Å². The van der Waals surface area contributed by atoms with E-state index in [9.17, 15) is 0 Å². The molecule has 1 aliphatic heterocycles. The number of aromatic nitrogens is 2. The fourth-order valence-electron chi connectivity index (χ4n) is 2.78. The maximum Gasteiger partial charge on any atom is 0.137 e. The molecule has 0 amide bonds. The molecular formula is C14H20N4O. The van der Waals surface area contributed by atoms with Gasteiger partial charge in [-0.2, -0.15) is 0 Å². The van der Waals surface area contributed by atoms with Crippen LogP contribution in [0.1, 0.15) is 19.5 Å². The quantitative estimate of drug-likeness (QED) is 0.889. The standard InChI is InChI=1S/C14H20N4O/c1-10-5-17(6-11(2)19-10)8-13-9-18-7-12(15)3-4-14(18)16-13/h3-4,7,9-11H,5-6,8,15H2,1-2H3. The zero-order valence-corrected chi connectivity index (χ0v) is 11.4. The maximum atomic E-state index is 5.78. The molecule has 1 saturated heterocycles. The molecular weight excluding hydrogens is 240 g/mol. The highest BCUT2D eigenvalue weighted by Crippen LogP contribution is 2.15. The summed E-state index contributed by atoms with van der Waals surface area (Å²) in [7, 11) is 0. The van der Waals surface area contributed by atoms with Gasteiger partial charge in [-0.3, -0.25) is 4.90 Å². The van der Waals surface area contributed by atoms with E-state index in [-0.39, 0.29) is 12.2 Å². The molecule has 19 heavy (non-hydrogen) atoms. The minimum Gasteiger partial charge on any atom is -0.398 e. The first kappa shape index (κ1) is 12.4. The topological polar surface area (TPSA) is 55.8 Å². The number of rotatable bonds is 2. The lowest BCUT2D eigenvalue weighted by Gasteiger charge is -2.34. The molecule has 2 N–H and O–H groups in total. The lowest BCUT2D eigenvalue weighted by molar-refractivity contribution is -0.0707. The molecule has 0 radical (unpaired) electrons. The number of nitrogen functional groups attached to an aromatic ring is 1. The van der Waals surface area contributed by atoms with Gasteiger partial charge in [-0.1, -0.05) is 0 Å². The number of hydrogen-bond donors (Lipinski definition) is 1. The second-order valence-electron chi connectivity index (χ2n) is 5.41. The van der Waals surface area contributed by atoms with Gasteiger partial charge in [0.2, 0.25) is 0 Å². The summed E-state index contributed by atoms with van der Waals surface area (Å²) in [5, 5.41) is 0. The predicted molar refractivity (Wildman–Crippen MR) is 74.9 cm³/mol. The molecule has 3 heterocycles. The Morgan fingerprint density at radius 3 is 2.74 bits per heavy atom. The zero-order chi connectivity index (χ0) is 13.4. The fourth-order valence-corrected chi connectivity index (χ4v) is 2.78. The molecule has 2 unspecified atom stereocenters. The van der Waals surface area contributed by atoms with Crippen molar-refractivity contribution in [3.8, 4) is 0 Å². The van der Waals surface area contributed by atoms with Crippen molar-refractivity contribution in [3.05, 3.63) is 30.2 Å². The number of nitrogens with two attached hydrogens (primary N) is 1. The molecule has 102 valence electrons. The van der Waals surface area contributed by atoms with Crippen LogP contribution >= 0.6 is 0 Å². The molecule has 1 aliphatic rings. The van der Waals surface area contributed by atoms with Gasteiger partial charge < -0.3 is 14.9 Å². The van der Waals surface area contributed by atoms with Crippen molar-refractivity contribution in [2.24, 2.45) is 0 Å². The van der Waals surface area contributed by atoms with Crippen LogP contribution in [-0.4, -0.2) is 39.6 Å². The first-order valence-corrected chi connectivity index (χ1v) is 6.71. The van der Waals surface area contributed by atoms with Crippen molar-refractivity contribution in [1.82, 2.24) is 14.3 Å². The van der Waals surface area contributed by atoms with Gasteiger partial charge in [-0.25, -0.2) is 4.98 Å². The third-order valence-corrected chi connectivity index (χ3v) is 3.40. The first-order valence-electron chi connectivity index (χ1n) is 6.71. The summed E-state index contributed by atoms with van der Waals surface area (Å²) in [5.41, 5.74) is 8.55. The number of anilines is 1. The largest absolute Gasteiger partial charge is 0.398 e. The molecule has 5 nitrogen and oxygen atoms in total. The van der Waals surface area contributed by atoms with Crippen LogP contribution in [0.2, 0.25) is 0 Å². The zero-order valence-electron chi connectivity index (χ0n) is 11.4. The number of nitrogens with zero attached hydrogens (tertiary/aromatic N) is 3.